The zero-order valence-corrected chi connectivity index (χ0v) is 14.0. The molecule has 0 N–H and O–H groups in total. The number of hydrogen-bond acceptors (Lipinski definition) is 5. The van der Waals surface area contributed by atoms with Crippen LogP contribution >= 0.6 is 22.9 Å². The fourth-order valence-corrected chi connectivity index (χ4v) is 3.78. The maximum atomic E-state index is 6.32. The smallest absolute Gasteiger partial charge is 0.231 e. The van der Waals surface area contributed by atoms with Gasteiger partial charge in [0.25, 0.3) is 0 Å². The maximum Gasteiger partial charge on any atom is 0.231 e. The Bertz CT molecular complexity index is 878. The third-order valence-electron chi connectivity index (χ3n) is 3.79. The number of methoxy groups -OCH3 is 1. The summed E-state index contributed by atoms with van der Waals surface area (Å²) in [6.45, 7) is 0.259. The van der Waals surface area contributed by atoms with Gasteiger partial charge in [-0.05, 0) is 30.2 Å². The van der Waals surface area contributed by atoms with E-state index in [0.717, 1.165) is 45.1 Å². The Hall–Kier alpha value is -1.98. The van der Waals surface area contributed by atoms with E-state index >= 15 is 0 Å². The van der Waals surface area contributed by atoms with Crippen molar-refractivity contribution in [3.63, 3.8) is 0 Å². The number of thiazole rings is 1. The van der Waals surface area contributed by atoms with Crippen LogP contribution < -0.4 is 14.2 Å². The van der Waals surface area contributed by atoms with Gasteiger partial charge < -0.3 is 14.2 Å². The lowest BCUT2D eigenvalue weighted by Crippen LogP contribution is -1.93. The van der Waals surface area contributed by atoms with E-state index in [0.29, 0.717) is 10.8 Å². The first kappa shape index (κ1) is 14.6. The van der Waals surface area contributed by atoms with Crippen LogP contribution in [0.25, 0.3) is 10.2 Å². The fourth-order valence-electron chi connectivity index (χ4n) is 2.58. The van der Waals surface area contributed by atoms with Crippen LogP contribution in [0.1, 0.15) is 10.6 Å². The van der Waals surface area contributed by atoms with Gasteiger partial charge in [-0.3, -0.25) is 0 Å². The molecule has 2 heterocycles. The van der Waals surface area contributed by atoms with Crippen LogP contribution in [0.5, 0.6) is 17.2 Å². The maximum absolute atomic E-state index is 6.32. The lowest BCUT2D eigenvalue weighted by atomic mass is 10.1. The van der Waals surface area contributed by atoms with E-state index < -0.39 is 0 Å². The average molecular weight is 348 g/mol. The molecule has 6 heteroatoms. The van der Waals surface area contributed by atoms with Crippen molar-refractivity contribution < 1.29 is 14.2 Å². The molecule has 1 aliphatic heterocycles. The minimum Gasteiger partial charge on any atom is -0.497 e. The second-order valence-corrected chi connectivity index (χ2v) is 6.76. The summed E-state index contributed by atoms with van der Waals surface area (Å²) in [5.74, 6) is 2.30. The van der Waals surface area contributed by atoms with E-state index in [1.54, 1.807) is 18.4 Å². The molecule has 0 spiro atoms. The first-order valence-corrected chi connectivity index (χ1v) is 8.44. The van der Waals surface area contributed by atoms with Gasteiger partial charge in [-0.2, -0.15) is 0 Å². The Kier molecular flexibility index (Phi) is 3.75. The third kappa shape index (κ3) is 2.82. The Morgan fingerprint density at radius 2 is 2.00 bits per heavy atom. The van der Waals surface area contributed by atoms with Crippen molar-refractivity contribution in [2.45, 2.75) is 12.8 Å². The van der Waals surface area contributed by atoms with E-state index in [9.17, 15) is 0 Å². The van der Waals surface area contributed by atoms with Crippen molar-refractivity contribution in [3.8, 4) is 17.2 Å². The van der Waals surface area contributed by atoms with Crippen molar-refractivity contribution in [3.05, 3.63) is 45.9 Å². The highest BCUT2D eigenvalue weighted by Gasteiger charge is 2.16. The van der Waals surface area contributed by atoms with Gasteiger partial charge in [0.15, 0.2) is 11.5 Å². The molecule has 0 aliphatic carbocycles. The largest absolute Gasteiger partial charge is 0.497 e. The number of rotatable bonds is 4. The highest BCUT2D eigenvalue weighted by molar-refractivity contribution is 7.18. The summed E-state index contributed by atoms with van der Waals surface area (Å²) in [6.07, 6.45) is 1.65. The van der Waals surface area contributed by atoms with Gasteiger partial charge in [-0.15, -0.1) is 11.3 Å². The number of halogens is 1. The summed E-state index contributed by atoms with van der Waals surface area (Å²) in [6, 6.07) is 9.74. The first-order chi connectivity index (χ1) is 11.2. The minimum absolute atomic E-state index is 0.259. The molecule has 4 rings (SSSR count). The van der Waals surface area contributed by atoms with Crippen molar-refractivity contribution >= 4 is 33.2 Å². The number of aromatic nitrogens is 1. The number of aryl methyl sites for hydroxylation is 2. The predicted octanol–water partition coefficient (Wildman–Crippen LogP) is 4.47. The predicted molar refractivity (Wildman–Crippen MR) is 91.2 cm³/mol. The molecule has 2 aromatic carbocycles. The SMILES string of the molecule is COc1ccc2sc(CCc3cc4c(cc3Cl)OCO4)nc2c1. The molecule has 1 aromatic heterocycles. The molecule has 0 radical (unpaired) electrons. The molecule has 23 heavy (non-hydrogen) atoms. The van der Waals surface area contributed by atoms with Crippen molar-refractivity contribution in [1.82, 2.24) is 4.98 Å². The number of fused-ring (bicyclic) bond motifs is 2. The number of benzene rings is 2. The normalized spacial score (nSPS) is 12.8. The van der Waals surface area contributed by atoms with Gasteiger partial charge >= 0.3 is 0 Å². The van der Waals surface area contributed by atoms with Gasteiger partial charge in [-0.1, -0.05) is 11.6 Å². The molecular formula is C17H14ClNO3S. The van der Waals surface area contributed by atoms with Gasteiger partial charge in [0.05, 0.1) is 22.3 Å². The molecule has 0 unspecified atom stereocenters. The lowest BCUT2D eigenvalue weighted by Gasteiger charge is -2.05. The zero-order chi connectivity index (χ0) is 15.8. The monoisotopic (exact) mass is 347 g/mol. The second kappa shape index (κ2) is 5.91. The summed E-state index contributed by atoms with van der Waals surface area (Å²) in [7, 11) is 1.66. The molecule has 0 saturated carbocycles. The Morgan fingerprint density at radius 1 is 1.17 bits per heavy atom. The van der Waals surface area contributed by atoms with Crippen LogP contribution in [-0.4, -0.2) is 18.9 Å². The average Bonchev–Trinajstić information content (AvgIpc) is 3.17. The van der Waals surface area contributed by atoms with Crippen molar-refractivity contribution in [2.24, 2.45) is 0 Å². The summed E-state index contributed by atoms with van der Waals surface area (Å²) in [5, 5.41) is 1.79. The van der Waals surface area contributed by atoms with E-state index in [1.807, 2.05) is 30.3 Å². The lowest BCUT2D eigenvalue weighted by molar-refractivity contribution is 0.174. The minimum atomic E-state index is 0.259. The Labute approximate surface area is 142 Å². The standard InChI is InChI=1S/C17H14ClNO3S/c1-20-11-3-4-16-13(7-11)19-17(23-16)5-2-10-6-14-15(8-12(10)18)22-9-21-14/h3-4,6-8H,2,5,9H2,1H3. The van der Waals surface area contributed by atoms with E-state index in [2.05, 4.69) is 4.98 Å². The van der Waals surface area contributed by atoms with E-state index in [1.165, 1.54) is 0 Å². The number of ether oxygens (including phenoxy) is 3. The quantitative estimate of drug-likeness (QED) is 0.698. The van der Waals surface area contributed by atoms with Crippen LogP contribution in [0.4, 0.5) is 0 Å². The molecule has 3 aromatic rings. The van der Waals surface area contributed by atoms with Gasteiger partial charge in [0, 0.05) is 23.6 Å². The molecule has 4 nitrogen and oxygen atoms in total. The molecule has 1 aliphatic rings. The number of hydrogen-bond donors (Lipinski definition) is 0. The summed E-state index contributed by atoms with van der Waals surface area (Å²) < 4.78 is 17.1. The first-order valence-electron chi connectivity index (χ1n) is 7.24. The Balaban J connectivity index is 1.55. The van der Waals surface area contributed by atoms with Crippen LogP contribution in [0.15, 0.2) is 30.3 Å². The Morgan fingerprint density at radius 3 is 2.83 bits per heavy atom. The van der Waals surface area contributed by atoms with Gasteiger partial charge in [0.2, 0.25) is 6.79 Å². The summed E-state index contributed by atoms with van der Waals surface area (Å²) in [4.78, 5) is 4.68. The molecule has 0 bridgehead atoms. The summed E-state index contributed by atoms with van der Waals surface area (Å²) in [5.41, 5.74) is 2.02. The second-order valence-electron chi connectivity index (χ2n) is 5.24. The summed E-state index contributed by atoms with van der Waals surface area (Å²) >= 11 is 8.02. The highest BCUT2D eigenvalue weighted by Crippen LogP contribution is 2.37. The van der Waals surface area contributed by atoms with Crippen LogP contribution in [0, 0.1) is 0 Å². The molecule has 118 valence electrons. The van der Waals surface area contributed by atoms with Crippen molar-refractivity contribution in [2.75, 3.05) is 13.9 Å². The van der Waals surface area contributed by atoms with Crippen LogP contribution in [0.2, 0.25) is 5.02 Å². The van der Waals surface area contributed by atoms with Gasteiger partial charge in [-0.25, -0.2) is 4.98 Å². The molecular weight excluding hydrogens is 334 g/mol. The van der Waals surface area contributed by atoms with Crippen molar-refractivity contribution in [1.29, 1.82) is 0 Å². The number of nitrogens with zero attached hydrogens (tertiary/aromatic N) is 1. The van der Waals surface area contributed by atoms with E-state index in [4.69, 9.17) is 25.8 Å². The third-order valence-corrected chi connectivity index (χ3v) is 5.24. The van der Waals surface area contributed by atoms with E-state index in [-0.39, 0.29) is 6.79 Å². The zero-order valence-electron chi connectivity index (χ0n) is 12.5. The molecule has 0 amide bonds. The molecule has 0 atom stereocenters. The highest BCUT2D eigenvalue weighted by atomic mass is 35.5. The molecule has 0 fully saturated rings. The molecule has 0 saturated heterocycles. The van der Waals surface area contributed by atoms with Gasteiger partial charge in [0.1, 0.15) is 5.75 Å². The fraction of sp³-hybridized carbons (Fsp3) is 0.235. The topological polar surface area (TPSA) is 40.6 Å². The van der Waals surface area contributed by atoms with Crippen LogP contribution in [-0.2, 0) is 12.8 Å². The van der Waals surface area contributed by atoms with Crippen LogP contribution in [0.3, 0.4) is 0 Å².